The van der Waals surface area contributed by atoms with E-state index in [-0.39, 0.29) is 47.7 Å². The number of carbonyl (C=O) groups is 3. The first-order valence-corrected chi connectivity index (χ1v) is 25.5. The number of nitrogens with one attached hydrogen (secondary N) is 2. The highest BCUT2D eigenvalue weighted by molar-refractivity contribution is 5.90. The lowest BCUT2D eigenvalue weighted by molar-refractivity contribution is -0.155. The van der Waals surface area contributed by atoms with Gasteiger partial charge in [-0.1, -0.05) is 65.5 Å². The monoisotopic (exact) mass is 939 g/mol. The van der Waals surface area contributed by atoms with Gasteiger partial charge in [-0.3, -0.25) is 19.6 Å². The summed E-state index contributed by atoms with van der Waals surface area (Å²) in [6, 6.07) is -2.66. The second kappa shape index (κ2) is 26.1. The number of hydrogen-bond acceptors (Lipinski definition) is 8. The summed E-state index contributed by atoms with van der Waals surface area (Å²) < 4.78 is 6.34. The molecule has 0 bridgehead atoms. The van der Waals surface area contributed by atoms with Crippen LogP contribution < -0.4 is 56.5 Å². The molecular formula is C49H90N14O4. The molecular weight excluding hydrogens is 849 g/mol. The molecule has 18 heteroatoms. The summed E-state index contributed by atoms with van der Waals surface area (Å²) in [5.74, 6) is 2.76. The van der Waals surface area contributed by atoms with Crippen molar-refractivity contribution in [2.75, 3.05) is 19.6 Å². The van der Waals surface area contributed by atoms with Crippen molar-refractivity contribution in [3.63, 3.8) is 0 Å². The Morgan fingerprint density at radius 1 is 0.687 bits per heavy atom. The molecule has 67 heavy (non-hydrogen) atoms. The molecule has 0 heterocycles. The van der Waals surface area contributed by atoms with Crippen LogP contribution in [-0.2, 0) is 19.1 Å². The molecule has 3 fully saturated rings. The van der Waals surface area contributed by atoms with Gasteiger partial charge < -0.3 is 61.2 Å². The van der Waals surface area contributed by atoms with E-state index in [1.165, 1.54) is 50.5 Å². The third-order valence-corrected chi connectivity index (χ3v) is 15.9. The number of unbranched alkanes of at least 4 members (excludes halogenated alkanes) is 3. The molecule has 11 atom stereocenters. The second-order valence-electron chi connectivity index (χ2n) is 21.2. The smallest absolute Gasteiger partial charge is 0.328 e. The number of guanidine groups is 4. The third kappa shape index (κ3) is 16.2. The largest absolute Gasteiger partial charge is 0.461 e. The van der Waals surface area contributed by atoms with Crippen LogP contribution in [0.5, 0.6) is 0 Å². The topological polar surface area (TPSA) is 342 Å². The fourth-order valence-electron chi connectivity index (χ4n) is 12.5. The van der Waals surface area contributed by atoms with Crippen LogP contribution in [-0.4, -0.2) is 85.5 Å². The Kier molecular flexibility index (Phi) is 21.4. The standard InChI is InChI=1S/C49H90N14O4/c1-30(2)13-12-14-31(3)35-20-21-36-34-19-18-32-29-33(22-24-48(32,4)37(34)23-25-49(35,36)5)67-43(66)40(61-42(65)39(63-47(56)57)16-7-11-28-60-45(52)53)17-8-9-26-58-41(64)38(62-46(54)55)15-6-10-27-59-44(50)51/h18,30-31,33-40H,6-17,19-29H2,1-5H3,(H,58,64)(H,61,65)(H4,50,51,59)(H4,52,53,60)(H4,54,55,62)(H4,56,57,63). The third-order valence-electron chi connectivity index (χ3n) is 15.9. The maximum atomic E-state index is 14.2. The molecule has 3 saturated carbocycles. The number of esters is 1. The number of hydrogen-bond donors (Lipinski definition) is 10. The van der Waals surface area contributed by atoms with E-state index < -0.39 is 30.0 Å². The Labute approximate surface area is 401 Å². The minimum absolute atomic E-state index is 0.00728. The highest BCUT2D eigenvalue weighted by Gasteiger charge is 2.59. The van der Waals surface area contributed by atoms with Crippen LogP contribution in [0.4, 0.5) is 0 Å². The first-order chi connectivity index (χ1) is 31.7. The van der Waals surface area contributed by atoms with Crippen molar-refractivity contribution in [3.05, 3.63) is 11.6 Å². The van der Waals surface area contributed by atoms with Gasteiger partial charge in [0.05, 0.1) is 0 Å². The van der Waals surface area contributed by atoms with Crippen molar-refractivity contribution in [2.45, 2.75) is 187 Å². The molecule has 11 unspecified atom stereocenters. The number of ether oxygens (including phenoxy) is 1. The van der Waals surface area contributed by atoms with Crippen LogP contribution in [0.3, 0.4) is 0 Å². The van der Waals surface area contributed by atoms with E-state index in [1.54, 1.807) is 0 Å². The Hall–Kier alpha value is -4.77. The fourth-order valence-corrected chi connectivity index (χ4v) is 12.5. The van der Waals surface area contributed by atoms with Gasteiger partial charge in [-0.25, -0.2) is 14.8 Å². The van der Waals surface area contributed by atoms with Crippen molar-refractivity contribution in [3.8, 4) is 0 Å². The van der Waals surface area contributed by atoms with Gasteiger partial charge in [-0.05, 0) is 149 Å². The zero-order valence-corrected chi connectivity index (χ0v) is 41.7. The van der Waals surface area contributed by atoms with E-state index in [4.69, 9.17) is 50.6 Å². The molecule has 4 aliphatic rings. The Morgan fingerprint density at radius 3 is 1.90 bits per heavy atom. The van der Waals surface area contributed by atoms with Gasteiger partial charge in [0.25, 0.3) is 0 Å². The average molecular weight is 939 g/mol. The predicted octanol–water partition coefficient (Wildman–Crippen LogP) is 3.88. The molecule has 4 aliphatic carbocycles. The predicted molar refractivity (Wildman–Crippen MR) is 270 cm³/mol. The Balaban J connectivity index is 1.41. The quantitative estimate of drug-likeness (QED) is 0.0184. The van der Waals surface area contributed by atoms with Gasteiger partial charge in [0.1, 0.15) is 24.2 Å². The summed E-state index contributed by atoms with van der Waals surface area (Å²) in [7, 11) is 0. The van der Waals surface area contributed by atoms with Crippen LogP contribution in [0.1, 0.15) is 163 Å². The summed E-state index contributed by atoms with van der Waals surface area (Å²) in [5.41, 5.74) is 46.5. The van der Waals surface area contributed by atoms with Crippen LogP contribution in [0, 0.1) is 46.3 Å². The molecule has 18 nitrogen and oxygen atoms in total. The van der Waals surface area contributed by atoms with E-state index in [9.17, 15) is 14.4 Å². The Bertz CT molecular complexity index is 1770. The lowest BCUT2D eigenvalue weighted by Gasteiger charge is -2.58. The van der Waals surface area contributed by atoms with Gasteiger partial charge in [-0.15, -0.1) is 0 Å². The van der Waals surface area contributed by atoms with E-state index in [2.05, 4.69) is 71.3 Å². The zero-order valence-electron chi connectivity index (χ0n) is 41.7. The van der Waals surface area contributed by atoms with Crippen LogP contribution in [0.25, 0.3) is 0 Å². The maximum Gasteiger partial charge on any atom is 0.328 e. The molecule has 2 amide bonds. The number of nitrogens with two attached hydrogens (primary N) is 8. The van der Waals surface area contributed by atoms with Gasteiger partial charge in [0.2, 0.25) is 11.8 Å². The minimum Gasteiger partial charge on any atom is -0.461 e. The number of rotatable bonds is 27. The SMILES string of the molecule is CC(C)CCCC(C)C1CCC2C3CC=C4CC(OC(=O)C(CCCCNC(=O)C(CCCCN=C(N)N)N=C(N)N)NC(=O)C(CCCCN=C(N)N)N=C(N)N)CCC4(C)C3CCC12C. The minimum atomic E-state index is -0.960. The fraction of sp³-hybridized carbons (Fsp3) is 0.816. The Morgan fingerprint density at radius 2 is 1.30 bits per heavy atom. The highest BCUT2D eigenvalue weighted by atomic mass is 16.5. The van der Waals surface area contributed by atoms with E-state index in [0.29, 0.717) is 94.7 Å². The summed E-state index contributed by atoms with van der Waals surface area (Å²) >= 11 is 0. The first-order valence-electron chi connectivity index (χ1n) is 25.5. The summed E-state index contributed by atoms with van der Waals surface area (Å²) in [6.45, 7) is 13.4. The summed E-state index contributed by atoms with van der Waals surface area (Å²) in [5, 5.41) is 5.85. The molecule has 380 valence electrons. The second-order valence-corrected chi connectivity index (χ2v) is 21.2. The molecule has 0 saturated heterocycles. The van der Waals surface area contributed by atoms with Crippen molar-refractivity contribution >= 4 is 41.6 Å². The average Bonchev–Trinajstić information content (AvgIpc) is 3.61. The van der Waals surface area contributed by atoms with Gasteiger partial charge >= 0.3 is 5.97 Å². The molecule has 18 N–H and O–H groups in total. The van der Waals surface area contributed by atoms with Crippen molar-refractivity contribution in [2.24, 2.45) is 112 Å². The zero-order chi connectivity index (χ0) is 49.3. The number of amides is 2. The van der Waals surface area contributed by atoms with Gasteiger partial charge in [0, 0.05) is 26.1 Å². The van der Waals surface area contributed by atoms with Crippen molar-refractivity contribution in [1.29, 1.82) is 0 Å². The number of aliphatic imine (C=N–C) groups is 4. The number of nitrogens with zero attached hydrogens (tertiary/aromatic N) is 4. The first kappa shape index (κ1) is 54.8. The van der Waals surface area contributed by atoms with Crippen molar-refractivity contribution < 1.29 is 19.1 Å². The molecule has 0 aromatic carbocycles. The van der Waals surface area contributed by atoms with E-state index in [1.807, 2.05) is 0 Å². The van der Waals surface area contributed by atoms with Crippen LogP contribution in [0.15, 0.2) is 31.6 Å². The van der Waals surface area contributed by atoms with Gasteiger partial charge in [0.15, 0.2) is 23.8 Å². The molecule has 0 aliphatic heterocycles. The lowest BCUT2D eigenvalue weighted by Crippen LogP contribution is -2.51. The number of carbonyl (C=O) groups excluding carboxylic acids is 3. The number of allylic oxidation sites excluding steroid dienone is 1. The highest BCUT2D eigenvalue weighted by Crippen LogP contribution is 2.67. The number of fused-ring (bicyclic) bond motifs is 5. The summed E-state index contributed by atoms with van der Waals surface area (Å²) in [6.07, 6.45) is 19.5. The molecule has 0 spiro atoms. The van der Waals surface area contributed by atoms with Crippen LogP contribution in [0.2, 0.25) is 0 Å². The van der Waals surface area contributed by atoms with Crippen LogP contribution >= 0.6 is 0 Å². The molecule has 0 aromatic rings. The summed E-state index contributed by atoms with van der Waals surface area (Å²) in [4.78, 5) is 57.5. The van der Waals surface area contributed by atoms with Gasteiger partial charge in [-0.2, -0.15) is 0 Å². The molecule has 0 radical (unpaired) electrons. The molecule has 4 rings (SSSR count). The van der Waals surface area contributed by atoms with Crippen molar-refractivity contribution in [1.82, 2.24) is 10.6 Å². The maximum absolute atomic E-state index is 14.2. The van der Waals surface area contributed by atoms with E-state index in [0.717, 1.165) is 42.9 Å². The lowest BCUT2D eigenvalue weighted by atomic mass is 9.47. The van der Waals surface area contributed by atoms with E-state index >= 15 is 0 Å². The normalized spacial score (nSPS) is 27.0. The molecule has 0 aromatic heterocycles.